The summed E-state index contributed by atoms with van der Waals surface area (Å²) in [5.41, 5.74) is -1.83. The highest BCUT2D eigenvalue weighted by Crippen LogP contribution is 2.49. The Morgan fingerprint density at radius 3 is 2.31 bits per heavy atom. The molecule has 0 radical (unpaired) electrons. The Morgan fingerprint density at radius 1 is 1.28 bits per heavy atom. The van der Waals surface area contributed by atoms with Gasteiger partial charge in [-0.2, -0.15) is 26.9 Å². The highest BCUT2D eigenvalue weighted by Gasteiger charge is 2.54. The van der Waals surface area contributed by atoms with Gasteiger partial charge in [-0.05, 0) is 36.6 Å². The Kier molecular flexibility index (Phi) is 4.66. The standard InChI is InChI=1S/C17H12F3N3O5S/c18-17(19,20)29(26,27)28-14-12(8-21)11(9-1-3-10(22)4-2-9)7-13(23-14)16(5-6-16)15(24)25/h1-4,7H,5-6,22H2,(H,24,25). The summed E-state index contributed by atoms with van der Waals surface area (Å²) in [6.07, 6.45) is 0.293. The number of carboxylic acid groups (broad SMARTS) is 1. The molecule has 0 saturated heterocycles. The van der Waals surface area contributed by atoms with E-state index in [1.165, 1.54) is 30.3 Å². The first-order valence-electron chi connectivity index (χ1n) is 7.97. The van der Waals surface area contributed by atoms with Crippen molar-refractivity contribution < 1.29 is 35.7 Å². The van der Waals surface area contributed by atoms with Gasteiger partial charge in [-0.3, -0.25) is 4.79 Å². The Balaban J connectivity index is 2.27. The minimum atomic E-state index is -6.13. The van der Waals surface area contributed by atoms with Gasteiger partial charge in [-0.15, -0.1) is 0 Å². The predicted molar refractivity (Wildman–Crippen MR) is 93.0 cm³/mol. The molecular formula is C17H12F3N3O5S. The van der Waals surface area contributed by atoms with Crippen molar-refractivity contribution >= 4 is 21.8 Å². The van der Waals surface area contributed by atoms with Gasteiger partial charge in [-0.1, -0.05) is 12.1 Å². The van der Waals surface area contributed by atoms with Gasteiger partial charge >= 0.3 is 21.6 Å². The maximum Gasteiger partial charge on any atom is 0.534 e. The molecule has 8 nitrogen and oxygen atoms in total. The minimum Gasteiger partial charge on any atom is -0.481 e. The fourth-order valence-electron chi connectivity index (χ4n) is 2.68. The third-order valence-corrected chi connectivity index (χ3v) is 5.39. The molecule has 3 rings (SSSR count). The van der Waals surface area contributed by atoms with E-state index in [0.29, 0.717) is 5.69 Å². The Bertz CT molecular complexity index is 1130. The van der Waals surface area contributed by atoms with Gasteiger partial charge in [0.1, 0.15) is 17.0 Å². The molecule has 0 atom stereocenters. The molecule has 1 aliphatic rings. The van der Waals surface area contributed by atoms with Crippen LogP contribution in [0.1, 0.15) is 24.1 Å². The highest BCUT2D eigenvalue weighted by atomic mass is 32.2. The lowest BCUT2D eigenvalue weighted by atomic mass is 9.95. The number of anilines is 1. The first-order chi connectivity index (χ1) is 13.4. The van der Waals surface area contributed by atoms with Crippen LogP contribution in [-0.4, -0.2) is 30.0 Å². The lowest BCUT2D eigenvalue weighted by Crippen LogP contribution is -2.29. The molecule has 1 aromatic heterocycles. The van der Waals surface area contributed by atoms with Gasteiger partial charge in [-0.25, -0.2) is 4.98 Å². The molecule has 0 amide bonds. The second-order valence-corrected chi connectivity index (χ2v) is 7.88. The van der Waals surface area contributed by atoms with E-state index in [1.54, 1.807) is 6.07 Å². The number of hydrogen-bond acceptors (Lipinski definition) is 7. The van der Waals surface area contributed by atoms with Crippen molar-refractivity contribution in [2.24, 2.45) is 0 Å². The number of aliphatic carboxylic acids is 1. The van der Waals surface area contributed by atoms with Gasteiger partial charge in [0, 0.05) is 11.3 Å². The van der Waals surface area contributed by atoms with Crippen LogP contribution in [-0.2, 0) is 20.3 Å². The van der Waals surface area contributed by atoms with Crippen LogP contribution in [0.3, 0.4) is 0 Å². The predicted octanol–water partition coefficient (Wildman–Crippen LogP) is 2.55. The molecule has 1 aromatic carbocycles. The fraction of sp³-hybridized carbons (Fsp3) is 0.235. The molecule has 0 spiro atoms. The van der Waals surface area contributed by atoms with Gasteiger partial charge < -0.3 is 15.0 Å². The topological polar surface area (TPSA) is 143 Å². The Labute approximate surface area is 162 Å². The van der Waals surface area contributed by atoms with Crippen LogP contribution in [0.15, 0.2) is 30.3 Å². The van der Waals surface area contributed by atoms with Crippen molar-refractivity contribution in [2.45, 2.75) is 23.8 Å². The summed E-state index contributed by atoms with van der Waals surface area (Å²) in [6.45, 7) is 0. The van der Waals surface area contributed by atoms with Crippen LogP contribution < -0.4 is 9.92 Å². The number of nitrogen functional groups attached to an aromatic ring is 1. The second kappa shape index (κ2) is 6.63. The zero-order valence-corrected chi connectivity index (χ0v) is 15.2. The van der Waals surface area contributed by atoms with E-state index in [4.69, 9.17) is 5.73 Å². The molecule has 1 saturated carbocycles. The first-order valence-corrected chi connectivity index (χ1v) is 9.38. The van der Waals surface area contributed by atoms with E-state index in [0.717, 1.165) is 0 Å². The largest absolute Gasteiger partial charge is 0.534 e. The van der Waals surface area contributed by atoms with Crippen LogP contribution in [0.5, 0.6) is 5.88 Å². The molecule has 0 aliphatic heterocycles. The number of carboxylic acids is 1. The summed E-state index contributed by atoms with van der Waals surface area (Å²) >= 11 is 0. The van der Waals surface area contributed by atoms with E-state index in [-0.39, 0.29) is 29.7 Å². The fourth-order valence-corrected chi connectivity index (χ4v) is 3.10. The first kappa shape index (κ1) is 20.4. The number of pyridine rings is 1. The molecule has 12 heteroatoms. The molecule has 29 heavy (non-hydrogen) atoms. The number of nitrogens with zero attached hydrogens (tertiary/aromatic N) is 2. The number of benzene rings is 1. The highest BCUT2D eigenvalue weighted by molar-refractivity contribution is 7.87. The maximum absolute atomic E-state index is 12.8. The van der Waals surface area contributed by atoms with Crippen molar-refractivity contribution in [3.63, 3.8) is 0 Å². The van der Waals surface area contributed by atoms with Crippen LogP contribution in [0.2, 0.25) is 0 Å². The van der Waals surface area contributed by atoms with Crippen LogP contribution >= 0.6 is 0 Å². The van der Waals surface area contributed by atoms with Crippen molar-refractivity contribution in [3.8, 4) is 23.1 Å². The van der Waals surface area contributed by atoms with E-state index >= 15 is 0 Å². The number of rotatable bonds is 5. The summed E-state index contributed by atoms with van der Waals surface area (Å²) in [6, 6.07) is 8.60. The lowest BCUT2D eigenvalue weighted by molar-refractivity contribution is -0.140. The SMILES string of the molecule is N#Cc1c(-c2ccc(N)cc2)cc(C2(C(=O)O)CC2)nc1OS(=O)(=O)C(F)(F)F. The number of carbonyl (C=O) groups is 1. The maximum atomic E-state index is 12.8. The van der Waals surface area contributed by atoms with Crippen molar-refractivity contribution in [1.82, 2.24) is 4.98 Å². The third kappa shape index (κ3) is 3.56. The summed E-state index contributed by atoms with van der Waals surface area (Å²) in [5, 5.41) is 18.9. The lowest BCUT2D eigenvalue weighted by Gasteiger charge is -2.16. The minimum absolute atomic E-state index is 0.0302. The molecule has 1 fully saturated rings. The van der Waals surface area contributed by atoms with E-state index in [1.807, 2.05) is 0 Å². The number of hydrogen-bond donors (Lipinski definition) is 2. The van der Waals surface area contributed by atoms with E-state index < -0.39 is 38.5 Å². The van der Waals surface area contributed by atoms with Crippen LogP contribution in [0, 0.1) is 11.3 Å². The van der Waals surface area contributed by atoms with Crippen LogP contribution in [0.4, 0.5) is 18.9 Å². The van der Waals surface area contributed by atoms with Gasteiger partial charge in [0.15, 0.2) is 0 Å². The van der Waals surface area contributed by atoms with Crippen molar-refractivity contribution in [2.75, 3.05) is 5.73 Å². The quantitative estimate of drug-likeness (QED) is 0.421. The molecule has 0 bridgehead atoms. The number of alkyl halides is 3. The van der Waals surface area contributed by atoms with Gasteiger partial charge in [0.25, 0.3) is 5.88 Å². The molecule has 0 unspecified atom stereocenters. The number of nitriles is 1. The van der Waals surface area contributed by atoms with E-state index in [2.05, 4.69) is 9.17 Å². The molecular weight excluding hydrogens is 415 g/mol. The molecule has 1 aliphatic carbocycles. The Hall–Kier alpha value is -3.33. The zero-order valence-electron chi connectivity index (χ0n) is 14.4. The van der Waals surface area contributed by atoms with Crippen LogP contribution in [0.25, 0.3) is 11.1 Å². The molecule has 2 aromatic rings. The molecule has 3 N–H and O–H groups in total. The third-order valence-electron chi connectivity index (χ3n) is 4.44. The zero-order chi connectivity index (χ0) is 21.6. The average Bonchev–Trinajstić information content (AvgIpc) is 3.42. The summed E-state index contributed by atoms with van der Waals surface area (Å²) < 4.78 is 65.3. The normalized spacial score (nSPS) is 15.4. The number of halogens is 3. The number of aromatic nitrogens is 1. The molecule has 152 valence electrons. The number of nitrogens with two attached hydrogens (primary N) is 1. The summed E-state index contributed by atoms with van der Waals surface area (Å²) in [4.78, 5) is 15.3. The van der Waals surface area contributed by atoms with Gasteiger partial charge in [0.2, 0.25) is 0 Å². The van der Waals surface area contributed by atoms with E-state index in [9.17, 15) is 36.8 Å². The van der Waals surface area contributed by atoms with Crippen molar-refractivity contribution in [1.29, 1.82) is 5.26 Å². The van der Waals surface area contributed by atoms with Gasteiger partial charge in [0.05, 0.1) is 5.69 Å². The average molecular weight is 427 g/mol. The second-order valence-electron chi connectivity index (χ2n) is 6.34. The monoisotopic (exact) mass is 427 g/mol. The smallest absolute Gasteiger partial charge is 0.481 e. The van der Waals surface area contributed by atoms with Crippen molar-refractivity contribution in [3.05, 3.63) is 41.6 Å². The molecule has 1 heterocycles. The summed E-state index contributed by atoms with van der Waals surface area (Å²) in [7, 11) is -6.13. The summed E-state index contributed by atoms with van der Waals surface area (Å²) in [5.74, 6) is -2.41. The Morgan fingerprint density at radius 2 is 1.86 bits per heavy atom.